The average molecular weight is 457 g/mol. The number of thioether (sulfide) groups is 1. The van der Waals surface area contributed by atoms with Crippen molar-refractivity contribution in [2.24, 2.45) is 9.39 Å². The molecule has 0 spiro atoms. The zero-order valence-corrected chi connectivity index (χ0v) is 18.7. The highest BCUT2D eigenvalue weighted by Gasteiger charge is 2.18. The molecule has 0 N–H and O–H groups in total. The predicted molar refractivity (Wildman–Crippen MR) is 133 cm³/mol. The topological polar surface area (TPSA) is 58.9 Å². The van der Waals surface area contributed by atoms with Gasteiger partial charge in [0, 0.05) is 11.1 Å². The molecule has 6 heteroatoms. The zero-order chi connectivity index (χ0) is 22.2. The Morgan fingerprint density at radius 1 is 0.562 bits per heavy atom. The van der Waals surface area contributed by atoms with Gasteiger partial charge < -0.3 is 0 Å². The standard InChI is InChI=1S/C26H20N2O2S2/c29-32(30,24-19-11-4-12-20-24)28-26(22-15-7-2-8-16-22)31-25(21-13-5-1-6-14-21)27-23-17-9-3-10-18-23/h1-20H/b27-25?,28-26+. The third-order valence-corrected chi connectivity index (χ3v) is 6.91. The minimum Gasteiger partial charge on any atom is -0.241 e. The van der Waals surface area contributed by atoms with Gasteiger partial charge in [0.1, 0.15) is 10.1 Å². The minimum atomic E-state index is -3.90. The van der Waals surface area contributed by atoms with E-state index in [0.717, 1.165) is 11.3 Å². The van der Waals surface area contributed by atoms with Gasteiger partial charge in [0.2, 0.25) is 0 Å². The Bertz CT molecular complexity index is 1320. The molecule has 0 aromatic heterocycles. The minimum absolute atomic E-state index is 0.148. The Hall–Kier alpha value is -3.48. The van der Waals surface area contributed by atoms with E-state index in [0.29, 0.717) is 15.7 Å². The molecule has 0 amide bonds. The lowest BCUT2D eigenvalue weighted by Gasteiger charge is -2.10. The van der Waals surface area contributed by atoms with Crippen molar-refractivity contribution in [3.63, 3.8) is 0 Å². The van der Waals surface area contributed by atoms with E-state index in [1.54, 1.807) is 30.3 Å². The number of hydrogen-bond acceptors (Lipinski definition) is 4. The molecule has 4 rings (SSSR count). The molecule has 158 valence electrons. The number of hydrogen-bond donors (Lipinski definition) is 0. The molecule has 32 heavy (non-hydrogen) atoms. The molecule has 0 heterocycles. The van der Waals surface area contributed by atoms with Crippen molar-refractivity contribution < 1.29 is 8.42 Å². The van der Waals surface area contributed by atoms with E-state index in [1.165, 1.54) is 11.8 Å². The van der Waals surface area contributed by atoms with Gasteiger partial charge in [-0.2, -0.15) is 12.8 Å². The van der Waals surface area contributed by atoms with Crippen LogP contribution in [-0.4, -0.2) is 18.5 Å². The van der Waals surface area contributed by atoms with Crippen molar-refractivity contribution in [3.05, 3.63) is 132 Å². The van der Waals surface area contributed by atoms with Crippen molar-refractivity contribution in [1.29, 1.82) is 0 Å². The summed E-state index contributed by atoms with van der Waals surface area (Å²) in [6.45, 7) is 0. The number of nitrogens with zero attached hydrogens (tertiary/aromatic N) is 2. The summed E-state index contributed by atoms with van der Waals surface area (Å²) >= 11 is 1.23. The molecule has 4 nitrogen and oxygen atoms in total. The van der Waals surface area contributed by atoms with Gasteiger partial charge in [-0.3, -0.25) is 0 Å². The monoisotopic (exact) mass is 456 g/mol. The van der Waals surface area contributed by atoms with Crippen molar-refractivity contribution in [2.75, 3.05) is 0 Å². The van der Waals surface area contributed by atoms with E-state index in [2.05, 4.69) is 4.40 Å². The molecule has 0 fully saturated rings. The van der Waals surface area contributed by atoms with E-state index in [9.17, 15) is 8.42 Å². The molecule has 0 unspecified atom stereocenters. The molecular weight excluding hydrogens is 436 g/mol. The van der Waals surface area contributed by atoms with Gasteiger partial charge in [-0.15, -0.1) is 0 Å². The van der Waals surface area contributed by atoms with Crippen LogP contribution in [0, 0.1) is 0 Å². The predicted octanol–water partition coefficient (Wildman–Crippen LogP) is 6.33. The summed E-state index contributed by atoms with van der Waals surface area (Å²) in [7, 11) is -3.90. The summed E-state index contributed by atoms with van der Waals surface area (Å²) in [5.41, 5.74) is 2.35. The van der Waals surface area contributed by atoms with Gasteiger partial charge in [-0.25, -0.2) is 4.99 Å². The molecule has 0 saturated carbocycles. The molecule has 0 aliphatic carbocycles. The Kier molecular flexibility index (Phi) is 6.94. The quantitative estimate of drug-likeness (QED) is 0.260. The van der Waals surface area contributed by atoms with Crippen molar-refractivity contribution in [3.8, 4) is 0 Å². The van der Waals surface area contributed by atoms with Gasteiger partial charge in [0.25, 0.3) is 10.0 Å². The van der Waals surface area contributed by atoms with E-state index >= 15 is 0 Å². The zero-order valence-electron chi connectivity index (χ0n) is 17.1. The molecule has 0 bridgehead atoms. The highest BCUT2D eigenvalue weighted by molar-refractivity contribution is 8.27. The molecule has 0 saturated heterocycles. The van der Waals surface area contributed by atoms with Gasteiger partial charge in [-0.1, -0.05) is 97.1 Å². The first-order valence-corrected chi connectivity index (χ1v) is 12.2. The van der Waals surface area contributed by atoms with Crippen molar-refractivity contribution in [2.45, 2.75) is 4.90 Å². The second-order valence-corrected chi connectivity index (χ2v) is 9.35. The fourth-order valence-electron chi connectivity index (χ4n) is 2.90. The Morgan fingerprint density at radius 2 is 1.00 bits per heavy atom. The SMILES string of the molecule is O=S(=O)(/N=C(/SC(=Nc1ccccc1)c1ccccc1)c1ccccc1)c1ccccc1. The Labute approximate surface area is 192 Å². The van der Waals surface area contributed by atoms with Gasteiger partial charge in [0.15, 0.2) is 0 Å². The molecule has 0 aliphatic heterocycles. The van der Waals surface area contributed by atoms with Gasteiger partial charge in [-0.05, 0) is 36.0 Å². The van der Waals surface area contributed by atoms with E-state index in [1.807, 2.05) is 91.0 Å². The maximum absolute atomic E-state index is 13.1. The number of sulfonamides is 1. The lowest BCUT2D eigenvalue weighted by atomic mass is 10.2. The highest BCUT2D eigenvalue weighted by Crippen LogP contribution is 2.26. The first kappa shape index (κ1) is 21.7. The second-order valence-electron chi connectivity index (χ2n) is 6.77. The van der Waals surface area contributed by atoms with Crippen LogP contribution in [-0.2, 0) is 10.0 Å². The van der Waals surface area contributed by atoms with Crippen LogP contribution in [0.5, 0.6) is 0 Å². The summed E-state index contributed by atoms with van der Waals surface area (Å²) in [5.74, 6) is 0. The van der Waals surface area contributed by atoms with Crippen molar-refractivity contribution >= 4 is 37.6 Å². The van der Waals surface area contributed by atoms with Crippen LogP contribution in [0.25, 0.3) is 0 Å². The summed E-state index contributed by atoms with van der Waals surface area (Å²) in [6.07, 6.45) is 0. The second kappa shape index (κ2) is 10.2. The summed E-state index contributed by atoms with van der Waals surface area (Å²) < 4.78 is 30.3. The molecular formula is C26H20N2O2S2. The normalized spacial score (nSPS) is 12.5. The summed E-state index contributed by atoms with van der Waals surface area (Å²) in [6, 6.07) is 36.8. The first-order chi connectivity index (χ1) is 15.6. The summed E-state index contributed by atoms with van der Waals surface area (Å²) in [5, 5.41) is 1.01. The largest absolute Gasteiger partial charge is 0.283 e. The fraction of sp³-hybridized carbons (Fsp3) is 0. The van der Waals surface area contributed by atoms with Gasteiger partial charge in [0.05, 0.1) is 10.6 Å². The van der Waals surface area contributed by atoms with E-state index in [4.69, 9.17) is 4.99 Å². The number of rotatable bonds is 5. The molecule has 4 aromatic carbocycles. The summed E-state index contributed by atoms with van der Waals surface area (Å²) in [4.78, 5) is 4.95. The smallest absolute Gasteiger partial charge is 0.241 e. The highest BCUT2D eigenvalue weighted by atomic mass is 32.2. The first-order valence-electron chi connectivity index (χ1n) is 9.94. The molecule has 4 aromatic rings. The van der Waals surface area contributed by atoms with Crippen LogP contribution in [0.3, 0.4) is 0 Å². The lowest BCUT2D eigenvalue weighted by molar-refractivity contribution is 0.598. The lowest BCUT2D eigenvalue weighted by Crippen LogP contribution is -2.07. The Morgan fingerprint density at radius 3 is 1.53 bits per heavy atom. The van der Waals surface area contributed by atoms with Crippen LogP contribution in [0.1, 0.15) is 11.1 Å². The average Bonchev–Trinajstić information content (AvgIpc) is 2.85. The van der Waals surface area contributed by atoms with Crippen LogP contribution in [0.15, 0.2) is 136 Å². The van der Waals surface area contributed by atoms with Crippen LogP contribution < -0.4 is 0 Å². The van der Waals surface area contributed by atoms with E-state index in [-0.39, 0.29) is 4.90 Å². The van der Waals surface area contributed by atoms with Crippen LogP contribution >= 0.6 is 11.8 Å². The maximum atomic E-state index is 13.1. The third kappa shape index (κ3) is 5.60. The number of para-hydroxylation sites is 1. The Balaban J connectivity index is 1.82. The fourth-order valence-corrected chi connectivity index (χ4v) is 5.12. The van der Waals surface area contributed by atoms with E-state index < -0.39 is 10.0 Å². The number of benzene rings is 4. The van der Waals surface area contributed by atoms with Gasteiger partial charge >= 0.3 is 0 Å². The molecule has 0 aliphatic rings. The van der Waals surface area contributed by atoms with Crippen LogP contribution in [0.4, 0.5) is 5.69 Å². The third-order valence-electron chi connectivity index (χ3n) is 4.47. The number of aliphatic imine (C=N–C) groups is 1. The molecule has 0 radical (unpaired) electrons. The molecule has 0 atom stereocenters. The van der Waals surface area contributed by atoms with Crippen molar-refractivity contribution in [1.82, 2.24) is 0 Å². The maximum Gasteiger partial charge on any atom is 0.283 e. The van der Waals surface area contributed by atoms with Crippen LogP contribution in [0.2, 0.25) is 0 Å².